The topological polar surface area (TPSA) is 59.5 Å². The van der Waals surface area contributed by atoms with Gasteiger partial charge in [-0.25, -0.2) is 4.98 Å². The van der Waals surface area contributed by atoms with Crippen molar-refractivity contribution in [3.63, 3.8) is 0 Å². The van der Waals surface area contributed by atoms with Crippen LogP contribution in [0.5, 0.6) is 5.88 Å². The molecule has 0 radical (unpaired) electrons. The van der Waals surface area contributed by atoms with Crippen molar-refractivity contribution in [1.29, 1.82) is 0 Å². The van der Waals surface area contributed by atoms with E-state index < -0.39 is 0 Å². The van der Waals surface area contributed by atoms with Crippen LogP contribution < -0.4 is 9.64 Å². The summed E-state index contributed by atoms with van der Waals surface area (Å²) in [6, 6.07) is 8.95. The molecule has 2 rings (SSSR count). The number of pyridine rings is 1. The van der Waals surface area contributed by atoms with Gasteiger partial charge in [0.15, 0.2) is 0 Å². The molecule has 0 aliphatic heterocycles. The molecular weight excluding hydrogens is 256 g/mol. The minimum absolute atomic E-state index is 0.337. The predicted molar refractivity (Wildman–Crippen MR) is 76.8 cm³/mol. The van der Waals surface area contributed by atoms with E-state index in [0.29, 0.717) is 23.7 Å². The summed E-state index contributed by atoms with van der Waals surface area (Å²) in [5.74, 6) is -0.277. The first-order valence-electron chi connectivity index (χ1n) is 6.38. The second kappa shape index (κ2) is 5.69. The van der Waals surface area contributed by atoms with Gasteiger partial charge in [-0.3, -0.25) is 14.5 Å². The van der Waals surface area contributed by atoms with Crippen LogP contribution in [0.1, 0.15) is 20.8 Å². The highest BCUT2D eigenvalue weighted by Crippen LogP contribution is 2.29. The molecule has 0 aliphatic rings. The zero-order valence-electron chi connectivity index (χ0n) is 11.7. The molecule has 0 atom stereocenters. The van der Waals surface area contributed by atoms with Crippen LogP contribution in [0.15, 0.2) is 30.3 Å². The van der Waals surface area contributed by atoms with Crippen molar-refractivity contribution in [2.45, 2.75) is 20.8 Å². The third-order valence-electron chi connectivity index (χ3n) is 2.83. The fraction of sp³-hybridized carbons (Fsp3) is 0.267. The molecule has 1 aromatic carbocycles. The third kappa shape index (κ3) is 2.61. The molecule has 0 saturated carbocycles. The fourth-order valence-corrected chi connectivity index (χ4v) is 2.10. The Kier molecular flexibility index (Phi) is 3.98. The number of ether oxygens (including phenoxy) is 1. The monoisotopic (exact) mass is 272 g/mol. The maximum Gasteiger partial charge on any atom is 0.230 e. The average Bonchev–Trinajstić information content (AvgIpc) is 2.38. The Labute approximate surface area is 117 Å². The second-order valence-corrected chi connectivity index (χ2v) is 4.30. The van der Waals surface area contributed by atoms with Crippen LogP contribution in [0.4, 0.5) is 5.69 Å². The third-order valence-corrected chi connectivity index (χ3v) is 2.83. The number of carbonyl (C=O) groups is 2. The van der Waals surface area contributed by atoms with E-state index in [0.717, 1.165) is 10.3 Å². The lowest BCUT2D eigenvalue weighted by molar-refractivity contribution is -0.124. The summed E-state index contributed by atoms with van der Waals surface area (Å²) in [5, 5.41) is 0.737. The molecule has 20 heavy (non-hydrogen) atoms. The minimum Gasteiger partial charge on any atom is -0.478 e. The number of fused-ring (bicyclic) bond motifs is 1. The molecule has 0 unspecified atom stereocenters. The smallest absolute Gasteiger partial charge is 0.230 e. The van der Waals surface area contributed by atoms with Gasteiger partial charge in [-0.2, -0.15) is 0 Å². The molecule has 2 amide bonds. The number of carbonyl (C=O) groups excluding carboxylic acids is 2. The molecule has 0 aliphatic carbocycles. The van der Waals surface area contributed by atoms with Gasteiger partial charge in [0.1, 0.15) is 0 Å². The van der Waals surface area contributed by atoms with Crippen molar-refractivity contribution >= 4 is 28.4 Å². The molecule has 0 bridgehead atoms. The largest absolute Gasteiger partial charge is 0.478 e. The number of aromatic nitrogens is 1. The number of hydrogen-bond acceptors (Lipinski definition) is 4. The highest BCUT2D eigenvalue weighted by Gasteiger charge is 2.20. The Morgan fingerprint density at radius 2 is 1.85 bits per heavy atom. The van der Waals surface area contributed by atoms with E-state index in [9.17, 15) is 9.59 Å². The Hall–Kier alpha value is -2.43. The van der Waals surface area contributed by atoms with Gasteiger partial charge in [0.2, 0.25) is 17.7 Å². The highest BCUT2D eigenvalue weighted by molar-refractivity contribution is 6.17. The van der Waals surface area contributed by atoms with Gasteiger partial charge in [0.25, 0.3) is 0 Å². The Morgan fingerprint density at radius 1 is 1.20 bits per heavy atom. The van der Waals surface area contributed by atoms with Crippen molar-refractivity contribution in [3.05, 3.63) is 30.3 Å². The fourth-order valence-electron chi connectivity index (χ4n) is 2.10. The normalized spacial score (nSPS) is 10.3. The van der Waals surface area contributed by atoms with Gasteiger partial charge in [-0.1, -0.05) is 18.2 Å². The van der Waals surface area contributed by atoms with Gasteiger partial charge in [0.05, 0.1) is 17.8 Å². The molecule has 104 valence electrons. The summed E-state index contributed by atoms with van der Waals surface area (Å²) < 4.78 is 5.40. The zero-order chi connectivity index (χ0) is 14.7. The Balaban J connectivity index is 2.71. The molecule has 2 aromatic rings. The number of benzene rings is 1. The van der Waals surface area contributed by atoms with Crippen LogP contribution in [0.3, 0.4) is 0 Å². The van der Waals surface area contributed by atoms with E-state index in [-0.39, 0.29) is 11.8 Å². The first-order valence-corrected chi connectivity index (χ1v) is 6.38. The number of para-hydroxylation sites is 1. The van der Waals surface area contributed by atoms with Crippen LogP contribution in [0.2, 0.25) is 0 Å². The maximum atomic E-state index is 11.7. The van der Waals surface area contributed by atoms with Crippen LogP contribution in [0, 0.1) is 0 Å². The van der Waals surface area contributed by atoms with Crippen molar-refractivity contribution in [3.8, 4) is 5.88 Å². The number of rotatable bonds is 3. The van der Waals surface area contributed by atoms with Crippen LogP contribution in [0.25, 0.3) is 10.9 Å². The second-order valence-electron chi connectivity index (χ2n) is 4.30. The Morgan fingerprint density at radius 3 is 2.45 bits per heavy atom. The first kappa shape index (κ1) is 14.0. The summed E-state index contributed by atoms with van der Waals surface area (Å²) >= 11 is 0. The summed E-state index contributed by atoms with van der Waals surface area (Å²) in [7, 11) is 0. The first-order chi connectivity index (χ1) is 9.54. The van der Waals surface area contributed by atoms with Gasteiger partial charge >= 0.3 is 0 Å². The number of amides is 2. The summed E-state index contributed by atoms with van der Waals surface area (Å²) in [6.07, 6.45) is 0. The molecule has 0 saturated heterocycles. The van der Waals surface area contributed by atoms with Gasteiger partial charge in [-0.15, -0.1) is 0 Å². The van der Waals surface area contributed by atoms with E-state index in [1.54, 1.807) is 6.07 Å². The maximum absolute atomic E-state index is 11.7. The summed E-state index contributed by atoms with van der Waals surface area (Å²) in [4.78, 5) is 29.0. The van der Waals surface area contributed by atoms with E-state index in [1.807, 2.05) is 31.2 Å². The lowest BCUT2D eigenvalue weighted by atomic mass is 10.1. The lowest BCUT2D eigenvalue weighted by Crippen LogP contribution is -2.33. The van der Waals surface area contributed by atoms with Crippen LogP contribution in [-0.2, 0) is 9.59 Å². The van der Waals surface area contributed by atoms with E-state index in [1.165, 1.54) is 13.8 Å². The molecule has 5 heteroatoms. The summed E-state index contributed by atoms with van der Waals surface area (Å²) in [6.45, 7) is 5.03. The molecular formula is C15H16N2O3. The molecule has 5 nitrogen and oxygen atoms in total. The standard InChI is InChI=1S/C15H16N2O3/c1-4-20-15-9-14(17(10(2)18)11(3)19)12-7-5-6-8-13(12)16-15/h5-9H,4H2,1-3H3. The zero-order valence-corrected chi connectivity index (χ0v) is 11.7. The van der Waals surface area contributed by atoms with E-state index in [4.69, 9.17) is 4.74 Å². The van der Waals surface area contributed by atoms with Crippen LogP contribution >= 0.6 is 0 Å². The van der Waals surface area contributed by atoms with Gasteiger partial charge in [0, 0.05) is 25.3 Å². The average molecular weight is 272 g/mol. The molecule has 0 spiro atoms. The number of hydrogen-bond donors (Lipinski definition) is 0. The molecule has 0 fully saturated rings. The molecule has 0 N–H and O–H groups in total. The highest BCUT2D eigenvalue weighted by atomic mass is 16.5. The molecule has 1 aromatic heterocycles. The van der Waals surface area contributed by atoms with E-state index in [2.05, 4.69) is 4.98 Å². The quantitative estimate of drug-likeness (QED) is 0.861. The predicted octanol–water partition coefficient (Wildman–Crippen LogP) is 2.53. The van der Waals surface area contributed by atoms with Gasteiger partial charge < -0.3 is 4.74 Å². The number of anilines is 1. The number of nitrogens with zero attached hydrogens (tertiary/aromatic N) is 2. The SMILES string of the molecule is CCOc1cc(N(C(C)=O)C(C)=O)c2ccccc2n1. The van der Waals surface area contributed by atoms with Crippen molar-refractivity contribution in [2.75, 3.05) is 11.5 Å². The van der Waals surface area contributed by atoms with Crippen molar-refractivity contribution in [1.82, 2.24) is 4.98 Å². The lowest BCUT2D eigenvalue weighted by Gasteiger charge is -2.20. The Bertz CT molecular complexity index is 653. The van der Waals surface area contributed by atoms with E-state index >= 15 is 0 Å². The van der Waals surface area contributed by atoms with Crippen LogP contribution in [-0.4, -0.2) is 23.4 Å². The molecule has 1 heterocycles. The summed E-state index contributed by atoms with van der Waals surface area (Å²) in [5.41, 5.74) is 1.18. The number of imide groups is 1. The van der Waals surface area contributed by atoms with Crippen molar-refractivity contribution < 1.29 is 14.3 Å². The minimum atomic E-state index is -0.337. The van der Waals surface area contributed by atoms with Crippen molar-refractivity contribution in [2.24, 2.45) is 0 Å². The van der Waals surface area contributed by atoms with Gasteiger partial charge in [-0.05, 0) is 13.0 Å².